The van der Waals surface area contributed by atoms with Crippen LogP contribution >= 0.6 is 12.4 Å². The van der Waals surface area contributed by atoms with Crippen LogP contribution in [0.15, 0.2) is 29.2 Å². The van der Waals surface area contributed by atoms with Crippen molar-refractivity contribution in [2.24, 2.45) is 0 Å². The fourth-order valence-corrected chi connectivity index (χ4v) is 5.25. The van der Waals surface area contributed by atoms with Gasteiger partial charge in [0.15, 0.2) is 0 Å². The number of likely N-dealkylation sites (tertiary alicyclic amines) is 1. The molecule has 0 aliphatic carbocycles. The van der Waals surface area contributed by atoms with E-state index in [1.807, 2.05) is 11.9 Å². The summed E-state index contributed by atoms with van der Waals surface area (Å²) in [5, 5.41) is 3.26. The topological polar surface area (TPSA) is 69.7 Å². The third-order valence-corrected chi connectivity index (χ3v) is 7.40. The molecule has 6 nitrogen and oxygen atoms in total. The Kier molecular flexibility index (Phi) is 8.09. The molecule has 0 saturated carbocycles. The van der Waals surface area contributed by atoms with E-state index < -0.39 is 10.0 Å². The highest BCUT2D eigenvalue weighted by Gasteiger charge is 2.26. The molecule has 152 valence electrons. The van der Waals surface area contributed by atoms with E-state index in [4.69, 9.17) is 0 Å². The van der Waals surface area contributed by atoms with Crippen LogP contribution in [-0.2, 0) is 21.2 Å². The number of piperidine rings is 2. The summed E-state index contributed by atoms with van der Waals surface area (Å²) in [5.41, 5.74) is 0.864. The monoisotopic (exact) mass is 415 g/mol. The van der Waals surface area contributed by atoms with Gasteiger partial charge in [-0.1, -0.05) is 18.6 Å². The van der Waals surface area contributed by atoms with Gasteiger partial charge in [0.1, 0.15) is 0 Å². The molecule has 8 heteroatoms. The molecule has 1 aromatic rings. The average molecular weight is 416 g/mol. The summed E-state index contributed by atoms with van der Waals surface area (Å²) in [5.74, 6) is 0.117. The first kappa shape index (κ1) is 22.1. The maximum absolute atomic E-state index is 12.7. The highest BCUT2D eigenvalue weighted by atomic mass is 35.5. The van der Waals surface area contributed by atoms with E-state index in [9.17, 15) is 13.2 Å². The van der Waals surface area contributed by atoms with E-state index in [2.05, 4.69) is 5.32 Å². The van der Waals surface area contributed by atoms with Crippen molar-refractivity contribution in [3.05, 3.63) is 29.8 Å². The molecule has 0 unspecified atom stereocenters. The van der Waals surface area contributed by atoms with Crippen LogP contribution in [0.5, 0.6) is 0 Å². The molecule has 0 spiro atoms. The molecule has 2 saturated heterocycles. The van der Waals surface area contributed by atoms with Gasteiger partial charge in [0, 0.05) is 32.2 Å². The summed E-state index contributed by atoms with van der Waals surface area (Å²) in [6.07, 6.45) is 5.24. The lowest BCUT2D eigenvalue weighted by Crippen LogP contribution is -2.44. The minimum absolute atomic E-state index is 0. The summed E-state index contributed by atoms with van der Waals surface area (Å²) in [6.45, 7) is 2.77. The smallest absolute Gasteiger partial charge is 0.243 e. The van der Waals surface area contributed by atoms with E-state index in [0.29, 0.717) is 30.4 Å². The number of sulfonamides is 1. The van der Waals surface area contributed by atoms with Crippen molar-refractivity contribution >= 4 is 28.3 Å². The predicted molar refractivity (Wildman–Crippen MR) is 109 cm³/mol. The molecular weight excluding hydrogens is 386 g/mol. The predicted octanol–water partition coefficient (Wildman–Crippen LogP) is 2.04. The Balaban J connectivity index is 0.00000261. The van der Waals surface area contributed by atoms with Crippen molar-refractivity contribution < 1.29 is 13.2 Å². The molecular formula is C19H30ClN3O3S. The summed E-state index contributed by atoms with van der Waals surface area (Å²) in [4.78, 5) is 14.7. The maximum Gasteiger partial charge on any atom is 0.243 e. The van der Waals surface area contributed by atoms with Crippen molar-refractivity contribution in [2.45, 2.75) is 49.5 Å². The number of carbonyl (C=O) groups is 1. The van der Waals surface area contributed by atoms with E-state index in [1.165, 1.54) is 0 Å². The molecule has 1 aromatic carbocycles. The fourth-order valence-electron chi connectivity index (χ4n) is 3.74. The molecule has 27 heavy (non-hydrogen) atoms. The Morgan fingerprint density at radius 1 is 1.04 bits per heavy atom. The number of hydrogen-bond donors (Lipinski definition) is 1. The van der Waals surface area contributed by atoms with Crippen molar-refractivity contribution in [3.8, 4) is 0 Å². The first-order valence-electron chi connectivity index (χ1n) is 9.55. The van der Waals surface area contributed by atoms with Crippen LogP contribution in [-0.4, -0.2) is 62.8 Å². The summed E-state index contributed by atoms with van der Waals surface area (Å²) < 4.78 is 26.9. The third-order valence-electron chi connectivity index (χ3n) is 5.49. The number of benzene rings is 1. The van der Waals surface area contributed by atoms with Gasteiger partial charge in [-0.3, -0.25) is 4.79 Å². The number of carbonyl (C=O) groups excluding carboxylic acids is 1. The van der Waals surface area contributed by atoms with Gasteiger partial charge in [-0.05, 0) is 50.4 Å². The van der Waals surface area contributed by atoms with Crippen LogP contribution in [0.25, 0.3) is 0 Å². The molecule has 2 fully saturated rings. The lowest BCUT2D eigenvalue weighted by molar-refractivity contribution is -0.131. The Morgan fingerprint density at radius 3 is 2.19 bits per heavy atom. The van der Waals surface area contributed by atoms with Gasteiger partial charge in [-0.2, -0.15) is 4.31 Å². The number of halogens is 1. The second-order valence-electron chi connectivity index (χ2n) is 7.23. The Morgan fingerprint density at radius 2 is 1.63 bits per heavy atom. The molecule has 1 amide bonds. The first-order valence-corrected chi connectivity index (χ1v) is 11.0. The van der Waals surface area contributed by atoms with Gasteiger partial charge < -0.3 is 10.2 Å². The van der Waals surface area contributed by atoms with Crippen LogP contribution in [0.1, 0.15) is 37.7 Å². The molecule has 0 radical (unpaired) electrons. The summed E-state index contributed by atoms with van der Waals surface area (Å²) in [7, 11) is -1.45. The second-order valence-corrected chi connectivity index (χ2v) is 9.17. The van der Waals surface area contributed by atoms with Crippen LogP contribution in [0, 0.1) is 0 Å². The van der Waals surface area contributed by atoms with Crippen molar-refractivity contribution in [3.63, 3.8) is 0 Å². The number of amides is 1. The molecule has 2 aliphatic heterocycles. The number of nitrogens with zero attached hydrogens (tertiary/aromatic N) is 2. The Hall–Kier alpha value is -1.15. The highest BCUT2D eigenvalue weighted by Crippen LogP contribution is 2.21. The molecule has 0 bridgehead atoms. The minimum Gasteiger partial charge on any atom is -0.342 e. The van der Waals surface area contributed by atoms with E-state index in [1.54, 1.807) is 28.6 Å². The minimum atomic E-state index is -3.41. The Bertz CT molecular complexity index is 710. The molecule has 1 N–H and O–H groups in total. The third kappa shape index (κ3) is 5.44. The maximum atomic E-state index is 12.7. The molecule has 0 aromatic heterocycles. The first-order chi connectivity index (χ1) is 12.5. The molecule has 2 heterocycles. The average Bonchev–Trinajstić information content (AvgIpc) is 2.69. The van der Waals surface area contributed by atoms with Gasteiger partial charge in [0.25, 0.3) is 0 Å². The van der Waals surface area contributed by atoms with Gasteiger partial charge in [0.2, 0.25) is 15.9 Å². The van der Waals surface area contributed by atoms with Gasteiger partial charge in [0.05, 0.1) is 11.3 Å². The second kappa shape index (κ2) is 9.87. The summed E-state index contributed by atoms with van der Waals surface area (Å²) in [6, 6.07) is 7.32. The number of rotatable bonds is 5. The quantitative estimate of drug-likeness (QED) is 0.798. The van der Waals surface area contributed by atoms with Crippen molar-refractivity contribution in [1.29, 1.82) is 0 Å². The van der Waals surface area contributed by atoms with Crippen LogP contribution < -0.4 is 5.32 Å². The standard InChI is InChI=1S/C19H29N3O3S.ClH/c1-20-17-9-13-21(14-10-17)19(23)15-16-5-7-18(8-6-16)26(24,25)22-11-3-2-4-12-22;/h5-8,17,20H,2-4,9-15H2,1H3;1H. The lowest BCUT2D eigenvalue weighted by atomic mass is 10.0. The van der Waals surface area contributed by atoms with Gasteiger partial charge >= 0.3 is 0 Å². The van der Waals surface area contributed by atoms with Crippen LogP contribution in [0.2, 0.25) is 0 Å². The van der Waals surface area contributed by atoms with Crippen LogP contribution in [0.4, 0.5) is 0 Å². The zero-order valence-corrected chi connectivity index (χ0v) is 17.5. The molecule has 3 rings (SSSR count). The zero-order valence-electron chi connectivity index (χ0n) is 15.9. The van der Waals surface area contributed by atoms with E-state index >= 15 is 0 Å². The lowest BCUT2D eigenvalue weighted by Gasteiger charge is -2.32. The van der Waals surface area contributed by atoms with E-state index in [-0.39, 0.29) is 18.3 Å². The Labute approximate surface area is 168 Å². The SMILES string of the molecule is CNC1CCN(C(=O)Cc2ccc(S(=O)(=O)N3CCCCC3)cc2)CC1.Cl. The fraction of sp³-hybridized carbons (Fsp3) is 0.632. The van der Waals surface area contributed by atoms with Crippen molar-refractivity contribution in [2.75, 3.05) is 33.2 Å². The number of hydrogen-bond acceptors (Lipinski definition) is 4. The zero-order chi connectivity index (χ0) is 18.6. The molecule has 2 aliphatic rings. The largest absolute Gasteiger partial charge is 0.342 e. The van der Waals surface area contributed by atoms with Gasteiger partial charge in [-0.25, -0.2) is 8.42 Å². The van der Waals surface area contributed by atoms with Gasteiger partial charge in [-0.15, -0.1) is 12.4 Å². The van der Waals surface area contributed by atoms with E-state index in [0.717, 1.165) is 50.8 Å². The molecule has 0 atom stereocenters. The number of nitrogens with one attached hydrogen (secondary N) is 1. The highest BCUT2D eigenvalue weighted by molar-refractivity contribution is 7.89. The summed E-state index contributed by atoms with van der Waals surface area (Å²) >= 11 is 0. The van der Waals surface area contributed by atoms with Crippen molar-refractivity contribution in [1.82, 2.24) is 14.5 Å². The normalized spacial score (nSPS) is 19.5. The van der Waals surface area contributed by atoms with Crippen LogP contribution in [0.3, 0.4) is 0 Å².